The quantitative estimate of drug-likeness (QED) is 0.0567. The van der Waals surface area contributed by atoms with Gasteiger partial charge in [0.05, 0.1) is 4.90 Å². The van der Waals surface area contributed by atoms with Crippen molar-refractivity contribution in [2.45, 2.75) is 186 Å². The van der Waals surface area contributed by atoms with Crippen molar-refractivity contribution in [3.8, 4) is 0 Å². The van der Waals surface area contributed by atoms with Crippen molar-refractivity contribution in [3.63, 3.8) is 0 Å². The minimum Gasteiger partial charge on any atom is -0.744 e. The van der Waals surface area contributed by atoms with Crippen LogP contribution in [0.4, 0.5) is 0 Å². The predicted molar refractivity (Wildman–Crippen MR) is 181 cm³/mol. The summed E-state index contributed by atoms with van der Waals surface area (Å²) in [6, 6.07) is 9.30. The summed E-state index contributed by atoms with van der Waals surface area (Å²) in [6.45, 7) is 4.55. The molecule has 43 heavy (non-hydrogen) atoms. The maximum atomic E-state index is 12.0. The van der Waals surface area contributed by atoms with Gasteiger partial charge in [-0.3, -0.25) is 0 Å². The zero-order valence-electron chi connectivity index (χ0n) is 28.4. The fourth-order valence-electron chi connectivity index (χ4n) is 6.38. The average molecular weight is 623 g/mol. The van der Waals surface area contributed by atoms with E-state index >= 15 is 0 Å². The molecule has 0 saturated carbocycles. The second-order valence-corrected chi connectivity index (χ2v) is 14.2. The molecule has 0 spiro atoms. The van der Waals surface area contributed by atoms with Gasteiger partial charge in [-0.1, -0.05) is 173 Å². The van der Waals surface area contributed by atoms with Crippen molar-refractivity contribution in [3.05, 3.63) is 41.5 Å². The molecule has 240 valence electrons. The smallest absolute Gasteiger partial charge is 0.744 e. The van der Waals surface area contributed by atoms with Crippen LogP contribution < -0.4 is 29.6 Å². The van der Waals surface area contributed by atoms with E-state index < -0.39 is 10.1 Å². The Bertz CT molecular complexity index is 1070. The second-order valence-electron chi connectivity index (χ2n) is 12.8. The number of benzene rings is 2. The summed E-state index contributed by atoms with van der Waals surface area (Å²) < 4.78 is 35.9. The molecule has 0 bridgehead atoms. The molecule has 0 aliphatic heterocycles. The summed E-state index contributed by atoms with van der Waals surface area (Å²) >= 11 is 0. The summed E-state index contributed by atoms with van der Waals surface area (Å²) in [5.41, 5.74) is 2.59. The minimum absolute atomic E-state index is 0. The van der Waals surface area contributed by atoms with Gasteiger partial charge in [-0.05, 0) is 59.7 Å². The maximum Gasteiger partial charge on any atom is 1.00 e. The standard InChI is InChI=1S/C38H64O3S.Na/c1-3-5-7-9-11-13-15-17-19-21-23-25-28-34-32-36-30-27-31-38(42(39,40)41)37(36)33-35(34)29-26-24-22-20-18-16-14-12-10-8-6-4-2;/h27,30-33H,3-26,28-29H2,1-2H3,(H,39,40,41);/q;+1/p-1. The van der Waals surface area contributed by atoms with Crippen molar-refractivity contribution in [2.75, 3.05) is 0 Å². The molecule has 5 heteroatoms. The van der Waals surface area contributed by atoms with E-state index in [4.69, 9.17) is 0 Å². The van der Waals surface area contributed by atoms with E-state index in [9.17, 15) is 13.0 Å². The molecule has 2 rings (SSSR count). The molecule has 0 N–H and O–H groups in total. The average Bonchev–Trinajstić information content (AvgIpc) is 2.97. The van der Waals surface area contributed by atoms with Gasteiger partial charge in [-0.15, -0.1) is 0 Å². The number of fused-ring (bicyclic) bond motifs is 1. The third-order valence-electron chi connectivity index (χ3n) is 9.03. The third kappa shape index (κ3) is 18.4. The molecule has 0 atom stereocenters. The molecule has 3 nitrogen and oxygen atoms in total. The molecule has 0 heterocycles. The number of hydrogen-bond donors (Lipinski definition) is 0. The van der Waals surface area contributed by atoms with Crippen LogP contribution in [0.25, 0.3) is 10.8 Å². The first-order valence-corrected chi connectivity index (χ1v) is 19.4. The van der Waals surface area contributed by atoms with E-state index in [1.807, 2.05) is 12.1 Å². The van der Waals surface area contributed by atoms with Crippen LogP contribution >= 0.6 is 0 Å². The van der Waals surface area contributed by atoms with Crippen LogP contribution in [0.15, 0.2) is 35.2 Å². The van der Waals surface area contributed by atoms with Crippen LogP contribution in [-0.4, -0.2) is 13.0 Å². The van der Waals surface area contributed by atoms with Gasteiger partial charge in [0, 0.05) is 0 Å². The molecule has 0 fully saturated rings. The SMILES string of the molecule is CCCCCCCCCCCCCCc1cc2cccc(S(=O)(=O)[O-])c2cc1CCCCCCCCCCCCCC.[Na+]. The summed E-state index contributed by atoms with van der Waals surface area (Å²) in [6.07, 6.45) is 34.0. The van der Waals surface area contributed by atoms with Gasteiger partial charge >= 0.3 is 29.6 Å². The van der Waals surface area contributed by atoms with Crippen molar-refractivity contribution < 1.29 is 42.5 Å². The topological polar surface area (TPSA) is 57.2 Å². The fraction of sp³-hybridized carbons (Fsp3) is 0.737. The van der Waals surface area contributed by atoms with E-state index in [-0.39, 0.29) is 34.5 Å². The Morgan fingerprint density at radius 3 is 1.23 bits per heavy atom. The summed E-state index contributed by atoms with van der Waals surface area (Å²) in [5.74, 6) is 0. The van der Waals surface area contributed by atoms with Crippen molar-refractivity contribution >= 4 is 20.9 Å². The zero-order valence-corrected chi connectivity index (χ0v) is 31.2. The van der Waals surface area contributed by atoms with Crippen molar-refractivity contribution in [2.24, 2.45) is 0 Å². The Hall–Kier alpha value is -0.390. The molecule has 0 amide bonds. The Morgan fingerprint density at radius 1 is 0.512 bits per heavy atom. The van der Waals surface area contributed by atoms with Crippen LogP contribution in [-0.2, 0) is 23.0 Å². The van der Waals surface area contributed by atoms with E-state index in [0.29, 0.717) is 5.39 Å². The summed E-state index contributed by atoms with van der Waals surface area (Å²) in [7, 11) is -4.50. The Labute approximate surface area is 288 Å². The molecule has 0 saturated heterocycles. The predicted octanol–water partition coefficient (Wildman–Crippen LogP) is 9.24. The first-order valence-electron chi connectivity index (χ1n) is 18.0. The summed E-state index contributed by atoms with van der Waals surface area (Å²) in [4.78, 5) is -0.0761. The Kier molecular flexibility index (Phi) is 24.3. The van der Waals surface area contributed by atoms with Crippen LogP contribution in [0.5, 0.6) is 0 Å². The third-order valence-corrected chi connectivity index (χ3v) is 9.92. The maximum absolute atomic E-state index is 12.0. The van der Waals surface area contributed by atoms with Crippen LogP contribution in [0.3, 0.4) is 0 Å². The van der Waals surface area contributed by atoms with Gasteiger partial charge in [0.25, 0.3) is 0 Å². The number of rotatable bonds is 27. The van der Waals surface area contributed by atoms with E-state index in [1.165, 1.54) is 165 Å². The molecule has 0 radical (unpaired) electrons. The Balaban J connectivity index is 0.00000924. The van der Waals surface area contributed by atoms with Gasteiger partial charge in [0.2, 0.25) is 0 Å². The molecule has 0 aliphatic rings. The van der Waals surface area contributed by atoms with Gasteiger partial charge in [-0.2, -0.15) is 0 Å². The van der Waals surface area contributed by atoms with Gasteiger partial charge in [-0.25, -0.2) is 8.42 Å². The van der Waals surface area contributed by atoms with Gasteiger partial charge in [0.15, 0.2) is 0 Å². The zero-order chi connectivity index (χ0) is 30.3. The number of hydrogen-bond acceptors (Lipinski definition) is 3. The molecular formula is C38H63NaO3S. The second kappa shape index (κ2) is 25.8. The van der Waals surface area contributed by atoms with Crippen molar-refractivity contribution in [1.82, 2.24) is 0 Å². The van der Waals surface area contributed by atoms with E-state index in [2.05, 4.69) is 19.9 Å². The molecule has 0 aromatic heterocycles. The minimum atomic E-state index is -4.50. The molecule has 0 aliphatic carbocycles. The monoisotopic (exact) mass is 622 g/mol. The van der Waals surface area contributed by atoms with Crippen LogP contribution in [0.1, 0.15) is 179 Å². The van der Waals surface area contributed by atoms with E-state index in [0.717, 1.165) is 24.6 Å². The Morgan fingerprint density at radius 2 is 0.860 bits per heavy atom. The van der Waals surface area contributed by atoms with Crippen LogP contribution in [0.2, 0.25) is 0 Å². The molecule has 2 aromatic carbocycles. The number of unbranched alkanes of at least 4 members (excludes halogenated alkanes) is 22. The first kappa shape index (κ1) is 40.6. The van der Waals surface area contributed by atoms with Gasteiger partial charge < -0.3 is 4.55 Å². The normalized spacial score (nSPS) is 11.7. The number of aryl methyl sites for hydroxylation is 2. The molecule has 2 aromatic rings. The largest absolute Gasteiger partial charge is 1.00 e. The van der Waals surface area contributed by atoms with E-state index in [1.54, 1.807) is 6.07 Å². The van der Waals surface area contributed by atoms with Gasteiger partial charge in [0.1, 0.15) is 10.1 Å². The van der Waals surface area contributed by atoms with Crippen LogP contribution in [0, 0.1) is 0 Å². The fourth-order valence-corrected chi connectivity index (χ4v) is 7.08. The molecular weight excluding hydrogens is 559 g/mol. The summed E-state index contributed by atoms with van der Waals surface area (Å²) in [5, 5.41) is 1.47. The van der Waals surface area contributed by atoms with Crippen molar-refractivity contribution in [1.29, 1.82) is 0 Å². The molecule has 0 unspecified atom stereocenters. The first-order chi connectivity index (χ1) is 20.5.